The Labute approximate surface area is 230 Å². The van der Waals surface area contributed by atoms with Crippen molar-refractivity contribution in [2.24, 2.45) is 11.7 Å². The first-order valence-electron chi connectivity index (χ1n) is 13.5. The Balaban J connectivity index is 1.64. The number of nitrogens with zero attached hydrogens (tertiary/aromatic N) is 1. The number of carbonyl (C=O) groups is 3. The van der Waals surface area contributed by atoms with Gasteiger partial charge in [0.1, 0.15) is 11.9 Å². The summed E-state index contributed by atoms with van der Waals surface area (Å²) in [6, 6.07) is 12.5. The summed E-state index contributed by atoms with van der Waals surface area (Å²) in [5, 5.41) is 2.81. The molecule has 3 N–H and O–H groups in total. The number of benzene rings is 2. The molecule has 1 saturated carbocycles. The molecule has 0 radical (unpaired) electrons. The van der Waals surface area contributed by atoms with E-state index in [0.29, 0.717) is 51.1 Å². The van der Waals surface area contributed by atoms with Gasteiger partial charge in [0.15, 0.2) is 0 Å². The van der Waals surface area contributed by atoms with E-state index in [0.717, 1.165) is 30.4 Å². The van der Waals surface area contributed by atoms with Crippen LogP contribution < -0.4 is 11.1 Å². The number of carbonyl (C=O) groups excluding carboxylic acids is 3. The number of rotatable bonds is 14. The summed E-state index contributed by atoms with van der Waals surface area (Å²) in [4.78, 5) is 40.0. The third-order valence-electron chi connectivity index (χ3n) is 7.40. The minimum Gasteiger partial charge on any atom is -0.383 e. The van der Waals surface area contributed by atoms with Crippen LogP contribution in [-0.4, -0.2) is 63.1 Å². The molecular formula is C30H40FN3O5. The fourth-order valence-corrected chi connectivity index (χ4v) is 5.17. The highest BCUT2D eigenvalue weighted by molar-refractivity contribution is 5.89. The molecule has 0 spiro atoms. The van der Waals surface area contributed by atoms with Gasteiger partial charge in [0.05, 0.1) is 13.2 Å². The van der Waals surface area contributed by atoms with Gasteiger partial charge in [-0.25, -0.2) is 4.39 Å². The average molecular weight is 542 g/mol. The van der Waals surface area contributed by atoms with Crippen molar-refractivity contribution in [3.63, 3.8) is 0 Å². The van der Waals surface area contributed by atoms with Crippen molar-refractivity contribution in [1.29, 1.82) is 0 Å². The molecule has 39 heavy (non-hydrogen) atoms. The zero-order valence-corrected chi connectivity index (χ0v) is 22.9. The van der Waals surface area contributed by atoms with Gasteiger partial charge in [-0.2, -0.15) is 0 Å². The fourth-order valence-electron chi connectivity index (χ4n) is 5.17. The number of hydrogen-bond acceptors (Lipinski definition) is 5. The average Bonchev–Trinajstić information content (AvgIpc) is 2.95. The number of aryl methyl sites for hydroxylation is 1. The highest BCUT2D eigenvalue weighted by Gasteiger charge is 2.34. The molecule has 0 heterocycles. The maximum absolute atomic E-state index is 13.4. The molecule has 3 rings (SSSR count). The van der Waals surface area contributed by atoms with Gasteiger partial charge in [-0.1, -0.05) is 49.2 Å². The number of nitrogens with two attached hydrogens (primary N) is 1. The van der Waals surface area contributed by atoms with E-state index in [9.17, 15) is 18.8 Å². The summed E-state index contributed by atoms with van der Waals surface area (Å²) in [5.41, 5.74) is 8.13. The van der Waals surface area contributed by atoms with Crippen LogP contribution in [-0.2, 0) is 30.3 Å². The topological polar surface area (TPSA) is 111 Å². The number of nitrogens with one attached hydrogen (secondary N) is 1. The maximum Gasteiger partial charge on any atom is 0.244 e. The van der Waals surface area contributed by atoms with Gasteiger partial charge < -0.3 is 25.4 Å². The summed E-state index contributed by atoms with van der Waals surface area (Å²) in [6.45, 7) is 2.01. The van der Waals surface area contributed by atoms with Crippen LogP contribution in [0, 0.1) is 11.7 Å². The molecule has 8 nitrogen and oxygen atoms in total. The monoisotopic (exact) mass is 541 g/mol. The Kier molecular flexibility index (Phi) is 11.9. The first-order valence-corrected chi connectivity index (χ1v) is 13.5. The lowest BCUT2D eigenvalue weighted by molar-refractivity contribution is -0.132. The second-order valence-corrected chi connectivity index (χ2v) is 10.0. The lowest BCUT2D eigenvalue weighted by atomic mass is 9.74. The van der Waals surface area contributed by atoms with Gasteiger partial charge in [0.2, 0.25) is 17.7 Å². The summed E-state index contributed by atoms with van der Waals surface area (Å²) in [6.07, 6.45) is 4.51. The van der Waals surface area contributed by atoms with Gasteiger partial charge in [-0.3, -0.25) is 14.4 Å². The van der Waals surface area contributed by atoms with Gasteiger partial charge >= 0.3 is 0 Å². The van der Waals surface area contributed by atoms with Gasteiger partial charge in [-0.05, 0) is 54.0 Å². The van der Waals surface area contributed by atoms with E-state index in [1.165, 1.54) is 24.3 Å². The normalized spacial score (nSPS) is 17.8. The molecule has 1 unspecified atom stereocenters. The van der Waals surface area contributed by atoms with Crippen LogP contribution in [0.5, 0.6) is 0 Å². The van der Waals surface area contributed by atoms with E-state index < -0.39 is 17.8 Å². The summed E-state index contributed by atoms with van der Waals surface area (Å²) in [7, 11) is 3.23. The molecule has 0 aromatic heterocycles. The quantitative estimate of drug-likeness (QED) is 0.380. The molecule has 3 amide bonds. The van der Waals surface area contributed by atoms with Crippen LogP contribution in [0.1, 0.15) is 60.8 Å². The van der Waals surface area contributed by atoms with Crippen molar-refractivity contribution in [3.8, 4) is 0 Å². The highest BCUT2D eigenvalue weighted by Crippen LogP contribution is 2.38. The van der Waals surface area contributed by atoms with Crippen molar-refractivity contribution in [1.82, 2.24) is 10.2 Å². The zero-order valence-electron chi connectivity index (χ0n) is 22.9. The van der Waals surface area contributed by atoms with Gasteiger partial charge in [0, 0.05) is 39.6 Å². The maximum atomic E-state index is 13.4. The lowest BCUT2D eigenvalue weighted by Crippen LogP contribution is -2.42. The van der Waals surface area contributed by atoms with E-state index in [-0.39, 0.29) is 23.7 Å². The number of halogens is 1. The van der Waals surface area contributed by atoms with Gasteiger partial charge in [-0.15, -0.1) is 0 Å². The van der Waals surface area contributed by atoms with Crippen LogP contribution in [0.15, 0.2) is 48.5 Å². The number of primary amides is 1. The molecule has 0 aliphatic heterocycles. The Morgan fingerprint density at radius 3 is 2.18 bits per heavy atom. The van der Waals surface area contributed by atoms with Crippen LogP contribution in [0.3, 0.4) is 0 Å². The van der Waals surface area contributed by atoms with Crippen molar-refractivity contribution < 1.29 is 28.2 Å². The predicted molar refractivity (Wildman–Crippen MR) is 146 cm³/mol. The standard InChI is InChI=1S/C30H40FN3O5/c1-38-19-17-34(18-20-39-2)27(35)16-9-21-7-10-22(11-8-21)25-5-3-4-6-26(25)30(37)33-28(29(32)36)23-12-14-24(31)15-13-23/h7-8,10-15,25-26,28H,3-6,9,16-20H2,1-2H3,(H2,32,36)(H,33,37)/t25-,26+,28?/m0/s1. The van der Waals surface area contributed by atoms with E-state index in [1.807, 2.05) is 24.3 Å². The van der Waals surface area contributed by atoms with Crippen LogP contribution in [0.4, 0.5) is 4.39 Å². The molecule has 9 heteroatoms. The molecule has 0 saturated heterocycles. The van der Waals surface area contributed by atoms with Crippen LogP contribution in [0.2, 0.25) is 0 Å². The molecule has 2 aromatic carbocycles. The van der Waals surface area contributed by atoms with E-state index in [1.54, 1.807) is 19.1 Å². The third kappa shape index (κ3) is 8.86. The second-order valence-electron chi connectivity index (χ2n) is 10.0. The number of ether oxygens (including phenoxy) is 2. The van der Waals surface area contributed by atoms with Crippen molar-refractivity contribution in [3.05, 3.63) is 71.0 Å². The SMILES string of the molecule is COCCN(CCOC)C(=O)CCc1ccc([C@@H]2CCCC[C@H]2C(=O)NC(C(N)=O)c2ccc(F)cc2)cc1. The second kappa shape index (κ2) is 15.3. The van der Waals surface area contributed by atoms with Crippen LogP contribution in [0.25, 0.3) is 0 Å². The summed E-state index contributed by atoms with van der Waals surface area (Å²) >= 11 is 0. The molecule has 0 bridgehead atoms. The van der Waals surface area contributed by atoms with E-state index in [2.05, 4.69) is 5.32 Å². The smallest absolute Gasteiger partial charge is 0.244 e. The lowest BCUT2D eigenvalue weighted by Gasteiger charge is -2.32. The number of amides is 3. The first-order chi connectivity index (χ1) is 18.8. The number of hydrogen-bond donors (Lipinski definition) is 2. The zero-order chi connectivity index (χ0) is 28.2. The van der Waals surface area contributed by atoms with Crippen molar-refractivity contribution >= 4 is 17.7 Å². The largest absolute Gasteiger partial charge is 0.383 e. The highest BCUT2D eigenvalue weighted by atomic mass is 19.1. The molecule has 1 aliphatic carbocycles. The number of methoxy groups -OCH3 is 2. The minimum atomic E-state index is -1.02. The summed E-state index contributed by atoms with van der Waals surface area (Å²) in [5.74, 6) is -1.58. The third-order valence-corrected chi connectivity index (χ3v) is 7.40. The molecule has 212 valence electrons. The van der Waals surface area contributed by atoms with Crippen LogP contribution >= 0.6 is 0 Å². The van der Waals surface area contributed by atoms with Gasteiger partial charge in [0.25, 0.3) is 0 Å². The molecule has 1 aliphatic rings. The van der Waals surface area contributed by atoms with Crippen molar-refractivity contribution in [2.75, 3.05) is 40.5 Å². The Morgan fingerprint density at radius 2 is 1.59 bits per heavy atom. The summed E-state index contributed by atoms with van der Waals surface area (Å²) < 4.78 is 23.6. The first kappa shape index (κ1) is 30.2. The minimum absolute atomic E-state index is 0.00903. The molecule has 1 fully saturated rings. The Morgan fingerprint density at radius 1 is 0.974 bits per heavy atom. The Bertz CT molecular complexity index is 1070. The Hall–Kier alpha value is -3.30. The van der Waals surface area contributed by atoms with E-state index in [4.69, 9.17) is 15.2 Å². The molecule has 2 aromatic rings. The molecule has 3 atom stereocenters. The van der Waals surface area contributed by atoms with Crippen molar-refractivity contribution in [2.45, 2.75) is 50.5 Å². The predicted octanol–water partition coefficient (Wildman–Crippen LogP) is 3.50. The molecular weight excluding hydrogens is 501 g/mol. The van der Waals surface area contributed by atoms with E-state index >= 15 is 0 Å². The fraction of sp³-hybridized carbons (Fsp3) is 0.500.